The van der Waals surface area contributed by atoms with Crippen molar-refractivity contribution in [2.45, 2.75) is 6.92 Å². The summed E-state index contributed by atoms with van der Waals surface area (Å²) in [4.78, 5) is 4.11. The quantitative estimate of drug-likeness (QED) is 0.936. The number of hydrogen-bond acceptors (Lipinski definition) is 4. The number of anilines is 1. The van der Waals surface area contributed by atoms with Gasteiger partial charge in [0, 0.05) is 17.3 Å². The predicted octanol–water partition coefficient (Wildman–Crippen LogP) is 3.31. The number of ether oxygens (including phenoxy) is 2. The molecule has 0 fully saturated rings. The molecule has 0 amide bonds. The van der Waals surface area contributed by atoms with Crippen LogP contribution in [0.25, 0.3) is 11.1 Å². The molecule has 0 aliphatic rings. The Labute approximate surface area is 117 Å². The number of benzene rings is 1. The minimum atomic E-state index is 0.443. The van der Waals surface area contributed by atoms with Crippen molar-refractivity contribution in [3.63, 3.8) is 0 Å². The van der Waals surface area contributed by atoms with Gasteiger partial charge in [0.05, 0.1) is 14.2 Å². The van der Waals surface area contributed by atoms with Gasteiger partial charge in [0.15, 0.2) is 0 Å². The van der Waals surface area contributed by atoms with E-state index in [1.54, 1.807) is 26.5 Å². The minimum absolute atomic E-state index is 0.443. The van der Waals surface area contributed by atoms with E-state index in [0.717, 1.165) is 16.7 Å². The highest BCUT2D eigenvalue weighted by Crippen LogP contribution is 2.42. The third kappa shape index (κ3) is 2.44. The van der Waals surface area contributed by atoms with Crippen LogP contribution in [0.1, 0.15) is 5.56 Å². The van der Waals surface area contributed by atoms with Crippen LogP contribution in [0.5, 0.6) is 11.5 Å². The van der Waals surface area contributed by atoms with Crippen molar-refractivity contribution in [1.82, 2.24) is 4.98 Å². The first-order chi connectivity index (χ1) is 9.08. The van der Waals surface area contributed by atoms with Crippen LogP contribution in [-0.4, -0.2) is 19.2 Å². The molecular weight excluding hydrogens is 264 g/mol. The number of halogens is 1. The van der Waals surface area contributed by atoms with Gasteiger partial charge in [-0.3, -0.25) is 0 Å². The van der Waals surface area contributed by atoms with Crippen molar-refractivity contribution in [2.24, 2.45) is 0 Å². The van der Waals surface area contributed by atoms with Crippen LogP contribution in [0, 0.1) is 6.92 Å². The van der Waals surface area contributed by atoms with E-state index in [9.17, 15) is 0 Å². The van der Waals surface area contributed by atoms with E-state index >= 15 is 0 Å². The molecule has 1 aromatic heterocycles. The summed E-state index contributed by atoms with van der Waals surface area (Å²) in [5.41, 5.74) is 8.46. The zero-order valence-electron chi connectivity index (χ0n) is 11.0. The largest absolute Gasteiger partial charge is 0.495 e. The van der Waals surface area contributed by atoms with E-state index in [1.165, 1.54) is 0 Å². The molecule has 0 radical (unpaired) electrons. The summed E-state index contributed by atoms with van der Waals surface area (Å²) in [5, 5.41) is 0.443. The third-order valence-electron chi connectivity index (χ3n) is 2.91. The second-order valence-electron chi connectivity index (χ2n) is 4.09. The van der Waals surface area contributed by atoms with Crippen molar-refractivity contribution in [3.05, 3.63) is 35.0 Å². The van der Waals surface area contributed by atoms with Crippen molar-refractivity contribution >= 4 is 17.4 Å². The number of methoxy groups -OCH3 is 2. The number of nitrogens with two attached hydrogens (primary N) is 1. The Kier molecular flexibility index (Phi) is 3.81. The lowest BCUT2D eigenvalue weighted by atomic mass is 10.0. The molecule has 5 heteroatoms. The molecule has 1 aromatic carbocycles. The molecule has 0 unspecified atom stereocenters. The Bertz CT molecular complexity index is 615. The van der Waals surface area contributed by atoms with Gasteiger partial charge in [-0.05, 0) is 30.7 Å². The van der Waals surface area contributed by atoms with Gasteiger partial charge in [-0.15, -0.1) is 0 Å². The van der Waals surface area contributed by atoms with Crippen molar-refractivity contribution in [1.29, 1.82) is 0 Å². The molecule has 0 saturated carbocycles. The van der Waals surface area contributed by atoms with E-state index in [4.69, 9.17) is 26.8 Å². The third-order valence-corrected chi connectivity index (χ3v) is 3.27. The molecule has 2 N–H and O–H groups in total. The fourth-order valence-corrected chi connectivity index (χ4v) is 2.29. The zero-order valence-corrected chi connectivity index (χ0v) is 11.8. The summed E-state index contributed by atoms with van der Waals surface area (Å²) in [6.45, 7) is 1.96. The average Bonchev–Trinajstić information content (AvgIpc) is 2.38. The molecule has 2 aromatic rings. The highest BCUT2D eigenvalue weighted by molar-refractivity contribution is 6.34. The number of rotatable bonds is 3. The van der Waals surface area contributed by atoms with E-state index < -0.39 is 0 Å². The molecule has 0 aliphatic carbocycles. The Balaban J connectivity index is 2.65. The molecule has 0 atom stereocenters. The molecule has 1 heterocycles. The van der Waals surface area contributed by atoms with Crippen LogP contribution < -0.4 is 15.2 Å². The number of hydrogen-bond donors (Lipinski definition) is 1. The maximum Gasteiger partial charge on any atom is 0.149 e. The Morgan fingerprint density at radius 2 is 1.89 bits per heavy atom. The molecule has 0 spiro atoms. The normalized spacial score (nSPS) is 10.3. The van der Waals surface area contributed by atoms with Gasteiger partial charge in [-0.2, -0.15) is 0 Å². The molecular formula is C14H15ClN2O2. The van der Waals surface area contributed by atoms with Crippen LogP contribution in [-0.2, 0) is 0 Å². The van der Waals surface area contributed by atoms with E-state index in [-0.39, 0.29) is 0 Å². The smallest absolute Gasteiger partial charge is 0.149 e. The summed E-state index contributed by atoms with van der Waals surface area (Å²) in [6, 6.07) is 5.51. The first kappa shape index (κ1) is 13.5. The van der Waals surface area contributed by atoms with E-state index in [1.807, 2.05) is 19.1 Å². The van der Waals surface area contributed by atoms with Crippen molar-refractivity contribution < 1.29 is 9.47 Å². The Morgan fingerprint density at radius 3 is 2.47 bits per heavy atom. The number of aromatic nitrogens is 1. The second-order valence-corrected chi connectivity index (χ2v) is 4.46. The van der Waals surface area contributed by atoms with E-state index in [2.05, 4.69) is 4.98 Å². The lowest BCUT2D eigenvalue weighted by Gasteiger charge is -2.14. The van der Waals surface area contributed by atoms with E-state index in [0.29, 0.717) is 22.3 Å². The van der Waals surface area contributed by atoms with Crippen molar-refractivity contribution in [3.8, 4) is 22.6 Å². The van der Waals surface area contributed by atoms with Crippen LogP contribution in [0.4, 0.5) is 5.82 Å². The van der Waals surface area contributed by atoms with Crippen LogP contribution in [0.15, 0.2) is 24.4 Å². The van der Waals surface area contributed by atoms with Gasteiger partial charge in [-0.25, -0.2) is 4.98 Å². The molecule has 2 rings (SSSR count). The maximum absolute atomic E-state index is 6.25. The number of aryl methyl sites for hydroxylation is 1. The minimum Gasteiger partial charge on any atom is -0.495 e. The summed E-state index contributed by atoms with van der Waals surface area (Å²) in [5.74, 6) is 1.62. The first-order valence-electron chi connectivity index (χ1n) is 5.71. The highest BCUT2D eigenvalue weighted by atomic mass is 35.5. The summed E-state index contributed by atoms with van der Waals surface area (Å²) < 4.78 is 10.6. The first-order valence-corrected chi connectivity index (χ1v) is 6.09. The zero-order chi connectivity index (χ0) is 14.0. The Hall–Kier alpha value is -1.94. The van der Waals surface area contributed by atoms with Gasteiger partial charge < -0.3 is 15.2 Å². The fraction of sp³-hybridized carbons (Fsp3) is 0.214. The maximum atomic E-state index is 6.25. The van der Waals surface area contributed by atoms with Gasteiger partial charge in [0.1, 0.15) is 22.3 Å². The summed E-state index contributed by atoms with van der Waals surface area (Å²) in [7, 11) is 3.14. The SMILES string of the molecule is COc1ccc(-c2cnc(N)cc2C)c(OC)c1Cl. The summed E-state index contributed by atoms with van der Waals surface area (Å²) >= 11 is 6.25. The topological polar surface area (TPSA) is 57.4 Å². The highest BCUT2D eigenvalue weighted by Gasteiger charge is 2.16. The van der Waals surface area contributed by atoms with Gasteiger partial charge >= 0.3 is 0 Å². The summed E-state index contributed by atoms with van der Waals surface area (Å²) in [6.07, 6.45) is 1.71. The lowest BCUT2D eigenvalue weighted by Crippen LogP contribution is -1.96. The fourth-order valence-electron chi connectivity index (χ4n) is 1.97. The van der Waals surface area contributed by atoms with Gasteiger partial charge in [0.2, 0.25) is 0 Å². The molecule has 19 heavy (non-hydrogen) atoms. The predicted molar refractivity (Wildman–Crippen MR) is 76.9 cm³/mol. The molecule has 0 bridgehead atoms. The molecule has 4 nitrogen and oxygen atoms in total. The van der Waals surface area contributed by atoms with Gasteiger partial charge in [0.25, 0.3) is 0 Å². The molecule has 0 saturated heterocycles. The van der Waals surface area contributed by atoms with Crippen LogP contribution in [0.2, 0.25) is 5.02 Å². The van der Waals surface area contributed by atoms with Crippen LogP contribution >= 0.6 is 11.6 Å². The van der Waals surface area contributed by atoms with Crippen molar-refractivity contribution in [2.75, 3.05) is 20.0 Å². The molecule has 0 aliphatic heterocycles. The standard InChI is InChI=1S/C14H15ClN2O2/c1-8-6-12(16)17-7-10(8)9-4-5-11(18-2)13(15)14(9)19-3/h4-7H,1-3H3,(H2,16,17). The van der Waals surface area contributed by atoms with Crippen LogP contribution in [0.3, 0.4) is 0 Å². The Morgan fingerprint density at radius 1 is 1.16 bits per heavy atom. The lowest BCUT2D eigenvalue weighted by molar-refractivity contribution is 0.396. The monoisotopic (exact) mass is 278 g/mol. The molecule has 100 valence electrons. The number of nitrogen functional groups attached to an aromatic ring is 1. The average molecular weight is 279 g/mol. The second kappa shape index (κ2) is 5.36. The number of nitrogens with zero attached hydrogens (tertiary/aromatic N) is 1. The number of pyridine rings is 1. The van der Waals surface area contributed by atoms with Gasteiger partial charge in [-0.1, -0.05) is 11.6 Å².